The van der Waals surface area contributed by atoms with Crippen LogP contribution in [-0.2, 0) is 6.18 Å². The van der Waals surface area contributed by atoms with Crippen LogP contribution < -0.4 is 11.3 Å². The topological polar surface area (TPSA) is 50.9 Å². The van der Waals surface area contributed by atoms with Crippen molar-refractivity contribution in [2.45, 2.75) is 12.2 Å². The van der Waals surface area contributed by atoms with E-state index in [-0.39, 0.29) is 11.1 Å². The molecule has 3 nitrogen and oxygen atoms in total. The lowest BCUT2D eigenvalue weighted by Gasteiger charge is -2.22. The molecule has 0 aliphatic carbocycles. The highest BCUT2D eigenvalue weighted by Crippen LogP contribution is 2.37. The van der Waals surface area contributed by atoms with Crippen LogP contribution in [0.15, 0.2) is 41.1 Å². The zero-order chi connectivity index (χ0) is 15.6. The van der Waals surface area contributed by atoms with Crippen LogP contribution in [0.4, 0.5) is 17.6 Å². The minimum Gasteiger partial charge on any atom is -0.271 e. The summed E-state index contributed by atoms with van der Waals surface area (Å²) < 4.78 is 53.0. The number of hydrazine groups is 1. The standard InChI is InChI=1S/C13H10BrF4N3/c14-11-2-1-7(15)5-8(11)12(21-19)9-6-20-4-3-10(9)13(16,17)18/h1-6,12,21H,19H2. The first-order chi connectivity index (χ1) is 9.84. The Kier molecular flexibility index (Phi) is 4.60. The van der Waals surface area contributed by atoms with Crippen molar-refractivity contribution in [2.75, 3.05) is 0 Å². The zero-order valence-electron chi connectivity index (χ0n) is 10.5. The van der Waals surface area contributed by atoms with E-state index in [4.69, 9.17) is 5.84 Å². The first-order valence-corrected chi connectivity index (χ1v) is 6.56. The third-order valence-electron chi connectivity index (χ3n) is 2.90. The Balaban J connectivity index is 2.60. The maximum absolute atomic E-state index is 13.4. The summed E-state index contributed by atoms with van der Waals surface area (Å²) in [6, 6.07) is 3.50. The summed E-state index contributed by atoms with van der Waals surface area (Å²) in [5.74, 6) is 4.80. The highest BCUT2D eigenvalue weighted by atomic mass is 79.9. The lowest BCUT2D eigenvalue weighted by atomic mass is 9.96. The first kappa shape index (κ1) is 15.9. The normalized spacial score (nSPS) is 13.2. The van der Waals surface area contributed by atoms with Gasteiger partial charge in [-0.2, -0.15) is 13.2 Å². The van der Waals surface area contributed by atoms with Gasteiger partial charge in [-0.25, -0.2) is 9.82 Å². The molecule has 2 rings (SSSR count). The Hall–Kier alpha value is -1.51. The fraction of sp³-hybridized carbons (Fsp3) is 0.154. The number of nitrogens with zero attached hydrogens (tertiary/aromatic N) is 1. The summed E-state index contributed by atoms with van der Waals surface area (Å²) >= 11 is 3.18. The second-order valence-corrected chi connectivity index (χ2v) is 5.08. The maximum atomic E-state index is 13.4. The predicted molar refractivity (Wildman–Crippen MR) is 72.5 cm³/mol. The average Bonchev–Trinajstić information content (AvgIpc) is 2.43. The molecule has 3 N–H and O–H groups in total. The number of nitrogens with two attached hydrogens (primary N) is 1. The number of benzene rings is 1. The molecule has 0 saturated carbocycles. The van der Waals surface area contributed by atoms with E-state index < -0.39 is 23.6 Å². The third-order valence-corrected chi connectivity index (χ3v) is 3.63. The average molecular weight is 364 g/mol. The Labute approximate surface area is 126 Å². The van der Waals surface area contributed by atoms with Gasteiger partial charge in [-0.3, -0.25) is 10.8 Å². The molecule has 0 bridgehead atoms. The lowest BCUT2D eigenvalue weighted by molar-refractivity contribution is -0.138. The van der Waals surface area contributed by atoms with E-state index in [0.29, 0.717) is 4.47 Å². The third kappa shape index (κ3) is 3.39. The van der Waals surface area contributed by atoms with Gasteiger partial charge < -0.3 is 0 Å². The SMILES string of the molecule is NNC(c1cc(F)ccc1Br)c1cnccc1C(F)(F)F. The predicted octanol–water partition coefficient (Wildman–Crippen LogP) is 3.55. The molecule has 1 unspecified atom stereocenters. The molecule has 1 aromatic carbocycles. The molecule has 1 atom stereocenters. The van der Waals surface area contributed by atoms with Crippen molar-refractivity contribution >= 4 is 15.9 Å². The zero-order valence-corrected chi connectivity index (χ0v) is 12.0. The van der Waals surface area contributed by atoms with Crippen molar-refractivity contribution in [3.63, 3.8) is 0 Å². The van der Waals surface area contributed by atoms with Gasteiger partial charge >= 0.3 is 6.18 Å². The van der Waals surface area contributed by atoms with Crippen molar-refractivity contribution < 1.29 is 17.6 Å². The second-order valence-electron chi connectivity index (χ2n) is 4.23. The van der Waals surface area contributed by atoms with E-state index in [1.165, 1.54) is 12.1 Å². The molecule has 1 aromatic heterocycles. The van der Waals surface area contributed by atoms with Gasteiger partial charge in [0.15, 0.2) is 0 Å². The van der Waals surface area contributed by atoms with Gasteiger partial charge in [-0.1, -0.05) is 15.9 Å². The monoisotopic (exact) mass is 363 g/mol. The fourth-order valence-corrected chi connectivity index (χ4v) is 2.45. The summed E-state index contributed by atoms with van der Waals surface area (Å²) in [6.45, 7) is 0. The Bertz CT molecular complexity index is 646. The number of hydrogen-bond donors (Lipinski definition) is 2. The van der Waals surface area contributed by atoms with Crippen LogP contribution in [0, 0.1) is 5.82 Å². The lowest BCUT2D eigenvalue weighted by Crippen LogP contribution is -2.31. The van der Waals surface area contributed by atoms with Gasteiger partial charge in [-0.05, 0) is 29.8 Å². The molecular formula is C13H10BrF4N3. The highest BCUT2D eigenvalue weighted by molar-refractivity contribution is 9.10. The fourth-order valence-electron chi connectivity index (χ4n) is 1.98. The van der Waals surface area contributed by atoms with Crippen molar-refractivity contribution in [3.05, 3.63) is 63.6 Å². The number of halogens is 5. The van der Waals surface area contributed by atoms with Crippen LogP contribution in [0.1, 0.15) is 22.7 Å². The molecule has 8 heteroatoms. The van der Waals surface area contributed by atoms with Crippen LogP contribution in [0.2, 0.25) is 0 Å². The number of pyridine rings is 1. The minimum atomic E-state index is -4.56. The molecule has 1 heterocycles. The van der Waals surface area contributed by atoms with E-state index in [1.54, 1.807) is 0 Å². The number of alkyl halides is 3. The molecule has 2 aromatic rings. The van der Waals surface area contributed by atoms with E-state index in [0.717, 1.165) is 24.5 Å². The number of aromatic nitrogens is 1. The van der Waals surface area contributed by atoms with E-state index >= 15 is 0 Å². The van der Waals surface area contributed by atoms with Gasteiger partial charge in [0.05, 0.1) is 11.6 Å². The van der Waals surface area contributed by atoms with Crippen molar-refractivity contribution in [2.24, 2.45) is 5.84 Å². The number of hydrogen-bond acceptors (Lipinski definition) is 3. The van der Waals surface area contributed by atoms with Crippen molar-refractivity contribution in [3.8, 4) is 0 Å². The van der Waals surface area contributed by atoms with Crippen LogP contribution in [0.3, 0.4) is 0 Å². The molecule has 21 heavy (non-hydrogen) atoms. The smallest absolute Gasteiger partial charge is 0.271 e. The number of nitrogens with one attached hydrogen (secondary N) is 1. The minimum absolute atomic E-state index is 0.182. The molecule has 0 aliphatic heterocycles. The van der Waals surface area contributed by atoms with Crippen LogP contribution in [0.5, 0.6) is 0 Å². The summed E-state index contributed by atoms with van der Waals surface area (Å²) in [4.78, 5) is 3.70. The van der Waals surface area contributed by atoms with Gasteiger partial charge in [0.1, 0.15) is 5.82 Å². The van der Waals surface area contributed by atoms with Gasteiger partial charge in [-0.15, -0.1) is 0 Å². The van der Waals surface area contributed by atoms with Crippen LogP contribution >= 0.6 is 15.9 Å². The van der Waals surface area contributed by atoms with Crippen molar-refractivity contribution in [1.82, 2.24) is 10.4 Å². The van der Waals surface area contributed by atoms with Crippen molar-refractivity contribution in [1.29, 1.82) is 0 Å². The van der Waals surface area contributed by atoms with Gasteiger partial charge in [0.2, 0.25) is 0 Å². The molecule has 0 fully saturated rings. The molecule has 112 valence electrons. The van der Waals surface area contributed by atoms with Gasteiger partial charge in [0.25, 0.3) is 0 Å². The number of rotatable bonds is 3. The highest BCUT2D eigenvalue weighted by Gasteiger charge is 2.35. The van der Waals surface area contributed by atoms with Crippen LogP contribution in [0.25, 0.3) is 0 Å². The van der Waals surface area contributed by atoms with E-state index in [9.17, 15) is 17.6 Å². The van der Waals surface area contributed by atoms with E-state index in [2.05, 4.69) is 26.3 Å². The Morgan fingerprint density at radius 2 is 1.90 bits per heavy atom. The maximum Gasteiger partial charge on any atom is 0.416 e. The molecule has 0 saturated heterocycles. The van der Waals surface area contributed by atoms with E-state index in [1.807, 2.05) is 0 Å². The van der Waals surface area contributed by atoms with Gasteiger partial charge in [0, 0.05) is 22.4 Å². The van der Waals surface area contributed by atoms with Crippen LogP contribution in [-0.4, -0.2) is 4.98 Å². The quantitative estimate of drug-likeness (QED) is 0.498. The second kappa shape index (κ2) is 6.08. The largest absolute Gasteiger partial charge is 0.416 e. The molecule has 0 amide bonds. The Morgan fingerprint density at radius 1 is 1.19 bits per heavy atom. The molecular weight excluding hydrogens is 354 g/mol. The molecule has 0 radical (unpaired) electrons. The molecule has 0 spiro atoms. The molecule has 0 aliphatic rings. The summed E-state index contributed by atoms with van der Waals surface area (Å²) in [6.07, 6.45) is -2.46. The summed E-state index contributed by atoms with van der Waals surface area (Å²) in [7, 11) is 0. The first-order valence-electron chi connectivity index (χ1n) is 5.76. The summed E-state index contributed by atoms with van der Waals surface area (Å²) in [5, 5.41) is 0. The summed E-state index contributed by atoms with van der Waals surface area (Å²) in [5.41, 5.74) is 1.47. The Morgan fingerprint density at radius 3 is 2.52 bits per heavy atom.